The molecule has 7 heteroatoms. The number of urea groups is 1. The van der Waals surface area contributed by atoms with Crippen molar-refractivity contribution in [1.29, 1.82) is 0 Å². The maximum atomic E-state index is 13.3. The second-order valence-corrected chi connectivity index (χ2v) is 7.88. The Morgan fingerprint density at radius 1 is 1.10 bits per heavy atom. The van der Waals surface area contributed by atoms with Crippen molar-refractivity contribution >= 4 is 28.5 Å². The molecule has 3 amide bonds. The number of hydrogen-bond acceptors (Lipinski definition) is 2. The van der Waals surface area contributed by atoms with Gasteiger partial charge in [-0.2, -0.15) is 0 Å². The van der Waals surface area contributed by atoms with E-state index in [0.29, 0.717) is 24.2 Å². The molecule has 0 fully saturated rings. The first-order chi connectivity index (χ1) is 13.7. The minimum absolute atomic E-state index is 0.251. The van der Waals surface area contributed by atoms with Crippen molar-refractivity contribution in [2.24, 2.45) is 0 Å². The molecule has 1 heterocycles. The van der Waals surface area contributed by atoms with Crippen LogP contribution in [0.1, 0.15) is 36.7 Å². The summed E-state index contributed by atoms with van der Waals surface area (Å²) in [6.45, 7) is 6.08. The molecule has 29 heavy (non-hydrogen) atoms. The van der Waals surface area contributed by atoms with Crippen LogP contribution in [0.4, 0.5) is 14.9 Å². The molecule has 0 atom stereocenters. The molecule has 0 unspecified atom stereocenters. The van der Waals surface area contributed by atoms with Crippen LogP contribution in [0.15, 0.2) is 48.7 Å². The maximum absolute atomic E-state index is 13.3. The van der Waals surface area contributed by atoms with E-state index >= 15 is 0 Å². The van der Waals surface area contributed by atoms with Gasteiger partial charge in [-0.1, -0.05) is 12.1 Å². The van der Waals surface area contributed by atoms with Crippen molar-refractivity contribution < 1.29 is 14.0 Å². The fourth-order valence-corrected chi connectivity index (χ4v) is 3.04. The monoisotopic (exact) mass is 396 g/mol. The number of halogens is 1. The SMILES string of the molecule is CC(C)(C)NC(=O)c1ccccc1NC(=O)NCCc1c[nH]c2cc(F)ccc12. The number of benzene rings is 2. The summed E-state index contributed by atoms with van der Waals surface area (Å²) < 4.78 is 13.3. The molecular weight excluding hydrogens is 371 g/mol. The smallest absolute Gasteiger partial charge is 0.319 e. The zero-order valence-electron chi connectivity index (χ0n) is 16.7. The van der Waals surface area contributed by atoms with E-state index in [-0.39, 0.29) is 17.3 Å². The van der Waals surface area contributed by atoms with Crippen LogP contribution in [0, 0.1) is 5.82 Å². The third-order valence-corrected chi connectivity index (χ3v) is 4.32. The highest BCUT2D eigenvalue weighted by atomic mass is 19.1. The van der Waals surface area contributed by atoms with Crippen LogP contribution < -0.4 is 16.0 Å². The van der Waals surface area contributed by atoms with Crippen LogP contribution in [-0.2, 0) is 6.42 Å². The van der Waals surface area contributed by atoms with Gasteiger partial charge in [0.1, 0.15) is 5.82 Å². The number of carbonyl (C=O) groups excluding carboxylic acids is 2. The lowest BCUT2D eigenvalue weighted by Crippen LogP contribution is -2.41. The predicted molar refractivity (Wildman–Crippen MR) is 113 cm³/mol. The summed E-state index contributed by atoms with van der Waals surface area (Å²) in [4.78, 5) is 27.8. The third-order valence-electron chi connectivity index (χ3n) is 4.32. The zero-order valence-corrected chi connectivity index (χ0v) is 16.7. The zero-order chi connectivity index (χ0) is 21.0. The van der Waals surface area contributed by atoms with Crippen molar-refractivity contribution in [3.8, 4) is 0 Å². The van der Waals surface area contributed by atoms with Gasteiger partial charge in [0.25, 0.3) is 5.91 Å². The molecule has 4 N–H and O–H groups in total. The molecule has 152 valence electrons. The van der Waals surface area contributed by atoms with Gasteiger partial charge in [0.15, 0.2) is 0 Å². The average molecular weight is 396 g/mol. The Balaban J connectivity index is 1.59. The number of anilines is 1. The Kier molecular flexibility index (Phi) is 5.87. The van der Waals surface area contributed by atoms with Gasteiger partial charge in [0, 0.05) is 29.2 Å². The Labute approximate surface area is 168 Å². The molecule has 0 bridgehead atoms. The molecule has 0 spiro atoms. The number of fused-ring (bicyclic) bond motifs is 1. The standard InChI is InChI=1S/C22H25FN4O2/c1-22(2,3)27-20(28)17-6-4-5-7-18(17)26-21(29)24-11-10-14-13-25-19-12-15(23)8-9-16(14)19/h4-9,12-13,25H,10-11H2,1-3H3,(H,27,28)(H2,24,26,29). The topological polar surface area (TPSA) is 86.0 Å². The molecule has 0 saturated carbocycles. The maximum Gasteiger partial charge on any atom is 0.319 e. The number of H-pyrrole nitrogens is 1. The third kappa shape index (κ3) is 5.34. The molecule has 0 aliphatic rings. The Hall–Kier alpha value is -3.35. The van der Waals surface area contributed by atoms with Gasteiger partial charge in [-0.3, -0.25) is 4.79 Å². The van der Waals surface area contributed by atoms with Crippen LogP contribution in [0.3, 0.4) is 0 Å². The first kappa shape index (κ1) is 20.4. The van der Waals surface area contributed by atoms with Gasteiger partial charge in [-0.05, 0) is 63.1 Å². The first-order valence-electron chi connectivity index (χ1n) is 9.45. The minimum atomic E-state index is -0.396. The average Bonchev–Trinajstić information content (AvgIpc) is 3.02. The normalized spacial score (nSPS) is 11.3. The van der Waals surface area contributed by atoms with E-state index in [0.717, 1.165) is 16.5 Å². The van der Waals surface area contributed by atoms with Crippen molar-refractivity contribution in [3.05, 3.63) is 65.6 Å². The number of aromatic nitrogens is 1. The fraction of sp³-hybridized carbons (Fsp3) is 0.273. The summed E-state index contributed by atoms with van der Waals surface area (Å²) in [5.41, 5.74) is 2.17. The predicted octanol–water partition coefficient (Wildman–Crippen LogP) is 4.20. The summed E-state index contributed by atoms with van der Waals surface area (Å²) in [7, 11) is 0. The molecule has 1 aromatic heterocycles. The summed E-state index contributed by atoms with van der Waals surface area (Å²) in [6, 6.07) is 11.0. The van der Waals surface area contributed by atoms with Crippen molar-refractivity contribution in [3.63, 3.8) is 0 Å². The Morgan fingerprint density at radius 2 is 1.86 bits per heavy atom. The highest BCUT2D eigenvalue weighted by molar-refractivity contribution is 6.03. The minimum Gasteiger partial charge on any atom is -0.361 e. The summed E-state index contributed by atoms with van der Waals surface area (Å²) in [5, 5.41) is 9.34. The largest absolute Gasteiger partial charge is 0.361 e. The lowest BCUT2D eigenvalue weighted by atomic mass is 10.1. The van der Waals surface area contributed by atoms with Gasteiger partial charge in [0.2, 0.25) is 0 Å². The lowest BCUT2D eigenvalue weighted by Gasteiger charge is -2.21. The molecule has 0 aliphatic carbocycles. The van der Waals surface area contributed by atoms with Crippen LogP contribution in [0.2, 0.25) is 0 Å². The van der Waals surface area contributed by atoms with Crippen LogP contribution in [-0.4, -0.2) is 29.0 Å². The van der Waals surface area contributed by atoms with Gasteiger partial charge >= 0.3 is 6.03 Å². The van der Waals surface area contributed by atoms with Gasteiger partial charge < -0.3 is 20.9 Å². The number of amides is 3. The van der Waals surface area contributed by atoms with Gasteiger partial charge in [-0.15, -0.1) is 0 Å². The number of para-hydroxylation sites is 1. The molecule has 0 radical (unpaired) electrons. The van der Waals surface area contributed by atoms with Crippen molar-refractivity contribution in [2.45, 2.75) is 32.7 Å². The number of nitrogens with one attached hydrogen (secondary N) is 4. The summed E-state index contributed by atoms with van der Waals surface area (Å²) in [5.74, 6) is -0.544. The van der Waals surface area contributed by atoms with E-state index in [9.17, 15) is 14.0 Å². The second-order valence-electron chi connectivity index (χ2n) is 7.88. The molecular formula is C22H25FN4O2. The molecule has 3 aromatic rings. The number of aromatic amines is 1. The first-order valence-corrected chi connectivity index (χ1v) is 9.45. The number of rotatable bonds is 5. The molecule has 6 nitrogen and oxygen atoms in total. The van der Waals surface area contributed by atoms with Gasteiger partial charge in [0.05, 0.1) is 11.3 Å². The van der Waals surface area contributed by atoms with E-state index in [2.05, 4.69) is 20.9 Å². The molecule has 3 rings (SSSR count). The lowest BCUT2D eigenvalue weighted by molar-refractivity contribution is 0.0920. The van der Waals surface area contributed by atoms with E-state index in [4.69, 9.17) is 0 Å². The summed E-state index contributed by atoms with van der Waals surface area (Å²) >= 11 is 0. The highest BCUT2D eigenvalue weighted by Gasteiger charge is 2.18. The summed E-state index contributed by atoms with van der Waals surface area (Å²) in [6.07, 6.45) is 2.40. The molecule has 0 aliphatic heterocycles. The van der Waals surface area contributed by atoms with Gasteiger partial charge in [-0.25, -0.2) is 9.18 Å². The van der Waals surface area contributed by atoms with E-state index in [1.165, 1.54) is 12.1 Å². The van der Waals surface area contributed by atoms with Crippen LogP contribution in [0.25, 0.3) is 10.9 Å². The van der Waals surface area contributed by atoms with Crippen molar-refractivity contribution in [2.75, 3.05) is 11.9 Å². The molecule has 0 saturated heterocycles. The van der Waals surface area contributed by atoms with Crippen molar-refractivity contribution in [1.82, 2.24) is 15.6 Å². The Bertz CT molecular complexity index is 1040. The van der Waals surface area contributed by atoms with Crippen LogP contribution >= 0.6 is 0 Å². The van der Waals surface area contributed by atoms with E-state index in [1.54, 1.807) is 30.3 Å². The molecule has 2 aromatic carbocycles. The fourth-order valence-electron chi connectivity index (χ4n) is 3.04. The van der Waals surface area contributed by atoms with E-state index < -0.39 is 6.03 Å². The second kappa shape index (κ2) is 8.34. The number of hydrogen-bond donors (Lipinski definition) is 4. The highest BCUT2D eigenvalue weighted by Crippen LogP contribution is 2.19. The quantitative estimate of drug-likeness (QED) is 0.521. The van der Waals surface area contributed by atoms with Crippen LogP contribution in [0.5, 0.6) is 0 Å². The Morgan fingerprint density at radius 3 is 2.62 bits per heavy atom. The van der Waals surface area contributed by atoms with E-state index in [1.807, 2.05) is 27.0 Å². The number of carbonyl (C=O) groups is 2.